The number of carboxylic acids is 1. The van der Waals surface area contributed by atoms with Crippen LogP contribution in [0.4, 0.5) is 5.69 Å². The monoisotopic (exact) mass is 261 g/mol. The van der Waals surface area contributed by atoms with Gasteiger partial charge in [0.1, 0.15) is 5.75 Å². The molecule has 0 radical (unpaired) electrons. The van der Waals surface area contributed by atoms with Crippen LogP contribution in [0.15, 0.2) is 36.4 Å². The quantitative estimate of drug-likeness (QED) is 0.674. The smallest absolute Gasteiger partial charge is 0.344 e. The number of hydrogen-bond acceptors (Lipinski definition) is 4. The maximum atomic E-state index is 10.9. The number of nitrogens with zero attached hydrogens (tertiary/aromatic N) is 1. The third kappa shape index (κ3) is 2.47. The number of fused-ring (bicyclic) bond motifs is 1. The lowest BCUT2D eigenvalue weighted by Gasteiger charge is -2.12. The fourth-order valence-corrected chi connectivity index (χ4v) is 1.76. The first-order valence-electron chi connectivity index (χ1n) is 5.56. The Morgan fingerprint density at radius 1 is 1.26 bits per heavy atom. The van der Waals surface area contributed by atoms with E-state index >= 15 is 0 Å². The minimum atomic E-state index is -1.09. The van der Waals surface area contributed by atoms with Gasteiger partial charge in [0.05, 0.1) is 10.3 Å². The van der Waals surface area contributed by atoms with Crippen LogP contribution in [0.1, 0.15) is 6.92 Å². The summed E-state index contributed by atoms with van der Waals surface area (Å²) in [5.41, 5.74) is -0.0362. The summed E-state index contributed by atoms with van der Waals surface area (Å²) in [4.78, 5) is 21.2. The normalized spacial score (nSPS) is 12.1. The molecule has 2 rings (SSSR count). The molecule has 19 heavy (non-hydrogen) atoms. The highest BCUT2D eigenvalue weighted by atomic mass is 16.6. The fourth-order valence-electron chi connectivity index (χ4n) is 1.76. The largest absolute Gasteiger partial charge is 0.479 e. The summed E-state index contributed by atoms with van der Waals surface area (Å²) < 4.78 is 5.30. The zero-order valence-corrected chi connectivity index (χ0v) is 10.1. The molecular formula is C13H11NO5. The number of carbonyl (C=O) groups is 1. The highest BCUT2D eigenvalue weighted by Crippen LogP contribution is 2.33. The van der Waals surface area contributed by atoms with Crippen molar-refractivity contribution in [2.45, 2.75) is 13.0 Å². The van der Waals surface area contributed by atoms with Gasteiger partial charge in [0.25, 0.3) is 5.69 Å². The van der Waals surface area contributed by atoms with E-state index in [1.165, 1.54) is 19.1 Å². The zero-order valence-electron chi connectivity index (χ0n) is 10.1. The van der Waals surface area contributed by atoms with Crippen molar-refractivity contribution in [3.8, 4) is 5.75 Å². The van der Waals surface area contributed by atoms with Crippen molar-refractivity contribution >= 4 is 22.4 Å². The third-order valence-corrected chi connectivity index (χ3v) is 2.71. The fraction of sp³-hybridized carbons (Fsp3) is 0.154. The molecule has 1 unspecified atom stereocenters. The molecule has 0 aromatic heterocycles. The van der Waals surface area contributed by atoms with Crippen LogP contribution in [-0.2, 0) is 4.79 Å². The molecule has 0 saturated heterocycles. The molecule has 0 saturated carbocycles. The molecule has 2 aromatic carbocycles. The summed E-state index contributed by atoms with van der Waals surface area (Å²) in [5, 5.41) is 20.7. The van der Waals surface area contributed by atoms with Gasteiger partial charge in [-0.25, -0.2) is 4.79 Å². The molecule has 0 bridgehead atoms. The van der Waals surface area contributed by atoms with Crippen LogP contribution in [0.25, 0.3) is 10.8 Å². The van der Waals surface area contributed by atoms with E-state index in [0.29, 0.717) is 16.5 Å². The summed E-state index contributed by atoms with van der Waals surface area (Å²) in [6.45, 7) is 1.40. The van der Waals surface area contributed by atoms with Crippen LogP contribution in [0.3, 0.4) is 0 Å². The van der Waals surface area contributed by atoms with Crippen LogP contribution in [0.5, 0.6) is 5.75 Å². The van der Waals surface area contributed by atoms with Gasteiger partial charge in [0, 0.05) is 11.5 Å². The van der Waals surface area contributed by atoms with E-state index in [-0.39, 0.29) is 5.69 Å². The number of carboxylic acid groups (broad SMARTS) is 1. The molecular weight excluding hydrogens is 250 g/mol. The number of nitro groups is 1. The predicted molar refractivity (Wildman–Crippen MR) is 68.3 cm³/mol. The zero-order chi connectivity index (χ0) is 14.0. The molecule has 0 aliphatic rings. The highest BCUT2D eigenvalue weighted by molar-refractivity contribution is 5.95. The summed E-state index contributed by atoms with van der Waals surface area (Å²) in [6.07, 6.45) is -1.02. The molecule has 0 aliphatic carbocycles. The van der Waals surface area contributed by atoms with Crippen molar-refractivity contribution in [3.05, 3.63) is 46.5 Å². The first kappa shape index (κ1) is 12.8. The van der Waals surface area contributed by atoms with Crippen molar-refractivity contribution in [1.29, 1.82) is 0 Å². The molecule has 6 nitrogen and oxygen atoms in total. The van der Waals surface area contributed by atoms with Gasteiger partial charge in [-0.1, -0.05) is 18.2 Å². The molecule has 0 fully saturated rings. The second-order valence-electron chi connectivity index (χ2n) is 3.98. The first-order valence-corrected chi connectivity index (χ1v) is 5.56. The van der Waals surface area contributed by atoms with E-state index in [1.807, 2.05) is 0 Å². The Morgan fingerprint density at radius 2 is 1.89 bits per heavy atom. The van der Waals surface area contributed by atoms with Gasteiger partial charge in [-0.2, -0.15) is 0 Å². The Kier molecular flexibility index (Phi) is 3.33. The molecule has 0 amide bonds. The number of rotatable bonds is 4. The summed E-state index contributed by atoms with van der Waals surface area (Å²) >= 11 is 0. The van der Waals surface area contributed by atoms with Gasteiger partial charge < -0.3 is 9.84 Å². The minimum Gasteiger partial charge on any atom is -0.479 e. The Labute approximate surface area is 108 Å². The number of benzene rings is 2. The first-order chi connectivity index (χ1) is 9.00. The standard InChI is InChI=1S/C13H11NO5/c1-8(13(15)16)19-12-7-6-11(14(17)18)9-4-2-3-5-10(9)12/h2-8H,1H3,(H,15,16). The van der Waals surface area contributed by atoms with Crippen LogP contribution in [0.2, 0.25) is 0 Å². The van der Waals surface area contributed by atoms with Crippen LogP contribution in [0, 0.1) is 10.1 Å². The SMILES string of the molecule is CC(Oc1ccc([N+](=O)[O-])c2ccccc12)C(=O)O. The van der Waals surface area contributed by atoms with E-state index in [1.54, 1.807) is 24.3 Å². The number of non-ortho nitro benzene ring substituents is 1. The molecule has 0 aliphatic heterocycles. The van der Waals surface area contributed by atoms with Gasteiger partial charge >= 0.3 is 5.97 Å². The van der Waals surface area contributed by atoms with Crippen molar-refractivity contribution in [2.24, 2.45) is 0 Å². The number of nitro benzene ring substituents is 1. The Morgan fingerprint density at radius 3 is 2.47 bits per heavy atom. The lowest BCUT2D eigenvalue weighted by Crippen LogP contribution is -2.22. The Hall–Kier alpha value is -2.63. The summed E-state index contributed by atoms with van der Waals surface area (Å²) in [5.74, 6) is -0.779. The lowest BCUT2D eigenvalue weighted by molar-refractivity contribution is -0.383. The number of hydrogen-bond donors (Lipinski definition) is 1. The van der Waals surface area contributed by atoms with Crippen molar-refractivity contribution in [3.63, 3.8) is 0 Å². The van der Waals surface area contributed by atoms with Gasteiger partial charge in [-0.3, -0.25) is 10.1 Å². The average molecular weight is 261 g/mol. The van der Waals surface area contributed by atoms with Gasteiger partial charge in [0.15, 0.2) is 6.10 Å². The van der Waals surface area contributed by atoms with Gasteiger partial charge in [-0.15, -0.1) is 0 Å². The third-order valence-electron chi connectivity index (χ3n) is 2.71. The summed E-state index contributed by atoms with van der Waals surface area (Å²) in [6, 6.07) is 9.38. The summed E-state index contributed by atoms with van der Waals surface area (Å²) in [7, 11) is 0. The average Bonchev–Trinajstić information content (AvgIpc) is 2.38. The van der Waals surface area contributed by atoms with E-state index in [4.69, 9.17) is 9.84 Å². The van der Waals surface area contributed by atoms with Crippen LogP contribution in [-0.4, -0.2) is 22.1 Å². The van der Waals surface area contributed by atoms with Crippen LogP contribution < -0.4 is 4.74 Å². The van der Waals surface area contributed by atoms with Crippen molar-refractivity contribution in [2.75, 3.05) is 0 Å². The maximum Gasteiger partial charge on any atom is 0.344 e. The van der Waals surface area contributed by atoms with E-state index in [2.05, 4.69) is 0 Å². The Bertz CT molecular complexity index is 653. The van der Waals surface area contributed by atoms with Gasteiger partial charge in [-0.05, 0) is 19.1 Å². The molecule has 1 N–H and O–H groups in total. The molecule has 98 valence electrons. The lowest BCUT2D eigenvalue weighted by atomic mass is 10.1. The molecule has 1 atom stereocenters. The number of ether oxygens (including phenoxy) is 1. The highest BCUT2D eigenvalue weighted by Gasteiger charge is 2.18. The maximum absolute atomic E-state index is 10.9. The molecule has 0 heterocycles. The van der Waals surface area contributed by atoms with Crippen molar-refractivity contribution < 1.29 is 19.6 Å². The van der Waals surface area contributed by atoms with E-state index in [9.17, 15) is 14.9 Å². The van der Waals surface area contributed by atoms with Crippen molar-refractivity contribution in [1.82, 2.24) is 0 Å². The predicted octanol–water partition coefficient (Wildman–Crippen LogP) is 2.60. The minimum absolute atomic E-state index is 0.0362. The second-order valence-corrected chi connectivity index (χ2v) is 3.98. The molecule has 6 heteroatoms. The second kappa shape index (κ2) is 4.93. The molecule has 0 spiro atoms. The van der Waals surface area contributed by atoms with E-state index < -0.39 is 17.0 Å². The van der Waals surface area contributed by atoms with E-state index in [0.717, 1.165) is 0 Å². The van der Waals surface area contributed by atoms with Gasteiger partial charge in [0.2, 0.25) is 0 Å². The van der Waals surface area contributed by atoms with Crippen LogP contribution >= 0.6 is 0 Å². The number of aliphatic carboxylic acids is 1. The molecule has 2 aromatic rings. The Balaban J connectivity index is 2.55. The topological polar surface area (TPSA) is 89.7 Å².